The van der Waals surface area contributed by atoms with Gasteiger partial charge >= 0.3 is 0 Å². The van der Waals surface area contributed by atoms with Crippen LogP contribution in [0.5, 0.6) is 0 Å². The minimum absolute atomic E-state index is 0.241. The van der Waals surface area contributed by atoms with E-state index in [2.05, 4.69) is 20.3 Å². The second-order valence-corrected chi connectivity index (χ2v) is 6.82. The Balaban J connectivity index is 2.22. The van der Waals surface area contributed by atoms with Gasteiger partial charge in [0.25, 0.3) is 0 Å². The molecule has 0 unspecified atom stereocenters. The smallest absolute Gasteiger partial charge is 0.158 e. The van der Waals surface area contributed by atoms with Gasteiger partial charge in [-0.1, -0.05) is 12.8 Å². The van der Waals surface area contributed by atoms with Crippen LogP contribution >= 0.6 is 0 Å². The molecule has 0 aliphatic heterocycles. The summed E-state index contributed by atoms with van der Waals surface area (Å²) in [7, 11) is 0. The van der Waals surface area contributed by atoms with Crippen LogP contribution in [0, 0.1) is 17.2 Å². The summed E-state index contributed by atoms with van der Waals surface area (Å²) in [5.41, 5.74) is 7.16. The van der Waals surface area contributed by atoms with E-state index in [0.29, 0.717) is 17.6 Å². The van der Waals surface area contributed by atoms with E-state index >= 15 is 0 Å². The Kier molecular flexibility index (Phi) is 5.32. The normalized spacial score (nSPS) is 17.1. The molecular weight excluding hydrogens is 288 g/mol. The van der Waals surface area contributed by atoms with Gasteiger partial charge < -0.3 is 11.1 Å². The number of rotatable bonds is 3. The van der Waals surface area contributed by atoms with Crippen LogP contribution in [0.4, 0.5) is 5.82 Å². The minimum atomic E-state index is -0.241. The number of anilines is 1. The molecule has 6 heteroatoms. The lowest BCUT2D eigenvalue weighted by atomic mass is 10.0. The highest BCUT2D eigenvalue weighted by atomic mass is 15.1. The number of hydrogen-bond donors (Lipinski definition) is 2. The number of allylic oxidation sites excluding steroid dienone is 1. The highest BCUT2D eigenvalue weighted by Gasteiger charge is 2.18. The molecule has 1 aromatic heterocycles. The molecule has 1 aliphatic rings. The summed E-state index contributed by atoms with van der Waals surface area (Å²) in [6, 6.07) is 1.95. The fourth-order valence-electron chi connectivity index (χ4n) is 2.57. The molecule has 1 saturated carbocycles. The van der Waals surface area contributed by atoms with Gasteiger partial charge in [-0.3, -0.25) is 4.99 Å². The lowest BCUT2D eigenvalue weighted by molar-refractivity contribution is 0.583. The van der Waals surface area contributed by atoms with Gasteiger partial charge in [-0.05, 0) is 45.6 Å². The van der Waals surface area contributed by atoms with E-state index in [-0.39, 0.29) is 11.2 Å². The van der Waals surface area contributed by atoms with E-state index in [1.54, 1.807) is 0 Å². The number of amidine groups is 1. The molecule has 122 valence electrons. The summed E-state index contributed by atoms with van der Waals surface area (Å²) in [4.78, 5) is 12.9. The number of aromatic nitrogens is 2. The maximum atomic E-state index is 8.78. The summed E-state index contributed by atoms with van der Waals surface area (Å²) in [5, 5.41) is 11.9. The van der Waals surface area contributed by atoms with Gasteiger partial charge in [0.2, 0.25) is 0 Å². The zero-order chi connectivity index (χ0) is 16.9. The Morgan fingerprint density at radius 1 is 1.35 bits per heavy atom. The zero-order valence-electron chi connectivity index (χ0n) is 14.0. The monoisotopic (exact) mass is 312 g/mol. The van der Waals surface area contributed by atoms with Gasteiger partial charge in [0.05, 0.1) is 17.9 Å². The molecule has 6 nitrogen and oxygen atoms in total. The van der Waals surface area contributed by atoms with E-state index < -0.39 is 0 Å². The predicted molar refractivity (Wildman–Crippen MR) is 91.8 cm³/mol. The van der Waals surface area contributed by atoms with Gasteiger partial charge in [-0.15, -0.1) is 0 Å². The van der Waals surface area contributed by atoms with Crippen LogP contribution < -0.4 is 11.1 Å². The Labute approximate surface area is 137 Å². The molecule has 1 aromatic rings. The van der Waals surface area contributed by atoms with Crippen molar-refractivity contribution in [2.75, 3.05) is 5.32 Å². The maximum Gasteiger partial charge on any atom is 0.158 e. The Morgan fingerprint density at radius 2 is 2.04 bits per heavy atom. The lowest BCUT2D eigenvalue weighted by Crippen LogP contribution is -2.21. The third-order valence-corrected chi connectivity index (χ3v) is 3.61. The molecule has 0 saturated heterocycles. The van der Waals surface area contributed by atoms with Crippen molar-refractivity contribution in [2.24, 2.45) is 16.6 Å². The molecule has 1 fully saturated rings. The Bertz CT molecular complexity index is 625. The van der Waals surface area contributed by atoms with Crippen LogP contribution in [0.15, 0.2) is 29.2 Å². The largest absolute Gasteiger partial charge is 0.402 e. The number of nitriles is 1. The molecule has 23 heavy (non-hydrogen) atoms. The first-order valence-corrected chi connectivity index (χ1v) is 7.93. The van der Waals surface area contributed by atoms with E-state index in [4.69, 9.17) is 11.0 Å². The summed E-state index contributed by atoms with van der Waals surface area (Å²) >= 11 is 0. The van der Waals surface area contributed by atoms with E-state index in [9.17, 15) is 0 Å². The number of nitrogens with one attached hydrogen (secondary N) is 1. The first kappa shape index (κ1) is 16.9. The highest BCUT2D eigenvalue weighted by Crippen LogP contribution is 2.28. The SMILES string of the molecule is CC(C)(C)N=C(C=C(N)C1CCCC1)Nc1cnc(C#N)cn1. The first-order valence-electron chi connectivity index (χ1n) is 7.93. The molecule has 0 radical (unpaired) electrons. The fraction of sp³-hybridized carbons (Fsp3) is 0.529. The molecule has 0 bridgehead atoms. The molecule has 2 rings (SSSR count). The topological polar surface area (TPSA) is 100.0 Å². The maximum absolute atomic E-state index is 8.78. The summed E-state index contributed by atoms with van der Waals surface area (Å²) in [5.74, 6) is 1.65. The van der Waals surface area contributed by atoms with Crippen LogP contribution in [0.2, 0.25) is 0 Å². The van der Waals surface area contributed by atoms with Crippen LogP contribution in [0.3, 0.4) is 0 Å². The van der Waals surface area contributed by atoms with Crippen molar-refractivity contribution in [2.45, 2.75) is 52.0 Å². The number of aliphatic imine (C=N–C) groups is 1. The fourth-order valence-corrected chi connectivity index (χ4v) is 2.57. The van der Waals surface area contributed by atoms with Gasteiger partial charge in [-0.2, -0.15) is 5.26 Å². The Morgan fingerprint density at radius 3 is 2.57 bits per heavy atom. The molecule has 1 aliphatic carbocycles. The second-order valence-electron chi connectivity index (χ2n) is 6.82. The van der Waals surface area contributed by atoms with Crippen LogP contribution in [-0.4, -0.2) is 21.3 Å². The molecule has 1 heterocycles. The van der Waals surface area contributed by atoms with Gasteiger partial charge in [0.1, 0.15) is 17.7 Å². The number of hydrogen-bond acceptors (Lipinski definition) is 5. The number of nitrogens with zero attached hydrogens (tertiary/aromatic N) is 4. The number of nitrogens with two attached hydrogens (primary N) is 1. The predicted octanol–water partition coefficient (Wildman–Crippen LogP) is 2.99. The molecule has 0 amide bonds. The van der Waals surface area contributed by atoms with Crippen LogP contribution in [-0.2, 0) is 0 Å². The zero-order valence-corrected chi connectivity index (χ0v) is 14.0. The first-order chi connectivity index (χ1) is 10.9. The van der Waals surface area contributed by atoms with Crippen molar-refractivity contribution in [3.63, 3.8) is 0 Å². The molecule has 0 spiro atoms. The minimum Gasteiger partial charge on any atom is -0.402 e. The standard InChI is InChI=1S/C17H24N6/c1-17(2,3)23-15(8-14(19)12-6-4-5-7-12)22-16-11-20-13(9-18)10-21-16/h8,10-12H,4-7,19H2,1-3H3,(H,21,22,23). The van der Waals surface area contributed by atoms with Crippen molar-refractivity contribution in [1.29, 1.82) is 5.26 Å². The third kappa shape index (κ3) is 5.37. The molecule has 0 aromatic carbocycles. The average Bonchev–Trinajstić information content (AvgIpc) is 3.00. The Hall–Kier alpha value is -2.42. The van der Waals surface area contributed by atoms with Crippen molar-refractivity contribution in [3.05, 3.63) is 29.9 Å². The lowest BCUT2D eigenvalue weighted by Gasteiger charge is -2.17. The van der Waals surface area contributed by atoms with Crippen molar-refractivity contribution in [1.82, 2.24) is 9.97 Å². The van der Waals surface area contributed by atoms with E-state index in [1.807, 2.05) is 32.9 Å². The van der Waals surface area contributed by atoms with Gasteiger partial charge in [0, 0.05) is 5.70 Å². The summed E-state index contributed by atoms with van der Waals surface area (Å²) < 4.78 is 0. The van der Waals surface area contributed by atoms with Crippen molar-refractivity contribution < 1.29 is 0 Å². The average molecular weight is 312 g/mol. The third-order valence-electron chi connectivity index (χ3n) is 3.61. The summed E-state index contributed by atoms with van der Waals surface area (Å²) in [6.07, 6.45) is 9.61. The highest BCUT2D eigenvalue weighted by molar-refractivity contribution is 6.03. The molecule has 0 atom stereocenters. The molecular formula is C17H24N6. The second kappa shape index (κ2) is 7.23. The van der Waals surface area contributed by atoms with Crippen molar-refractivity contribution in [3.8, 4) is 6.07 Å². The summed E-state index contributed by atoms with van der Waals surface area (Å²) in [6.45, 7) is 6.08. The van der Waals surface area contributed by atoms with Crippen LogP contribution in [0.25, 0.3) is 0 Å². The van der Waals surface area contributed by atoms with Gasteiger partial charge in [-0.25, -0.2) is 9.97 Å². The van der Waals surface area contributed by atoms with Crippen molar-refractivity contribution >= 4 is 11.7 Å². The van der Waals surface area contributed by atoms with E-state index in [1.165, 1.54) is 25.2 Å². The molecule has 3 N–H and O–H groups in total. The van der Waals surface area contributed by atoms with Gasteiger partial charge in [0.15, 0.2) is 5.69 Å². The van der Waals surface area contributed by atoms with E-state index in [0.717, 1.165) is 18.5 Å². The van der Waals surface area contributed by atoms with Crippen LogP contribution in [0.1, 0.15) is 52.1 Å². The quantitative estimate of drug-likeness (QED) is 0.660.